The lowest BCUT2D eigenvalue weighted by Crippen LogP contribution is -2.37. The van der Waals surface area contributed by atoms with Crippen molar-refractivity contribution in [2.45, 2.75) is 64.5 Å². The van der Waals surface area contributed by atoms with Gasteiger partial charge in [-0.3, -0.25) is 4.90 Å². The summed E-state index contributed by atoms with van der Waals surface area (Å²) in [7, 11) is 1.78. The fourth-order valence-corrected chi connectivity index (χ4v) is 2.73. The number of rotatable bonds is 9. The number of nitrogens with zero attached hydrogens (tertiary/aromatic N) is 1. The van der Waals surface area contributed by atoms with Crippen LogP contribution in [-0.2, 0) is 4.74 Å². The zero-order valence-corrected chi connectivity index (χ0v) is 12.6. The third-order valence-corrected chi connectivity index (χ3v) is 3.97. The highest BCUT2D eigenvalue weighted by Crippen LogP contribution is 2.17. The number of hydrogen-bond acceptors (Lipinski definition) is 3. The molecule has 0 unspecified atom stereocenters. The van der Waals surface area contributed by atoms with Gasteiger partial charge in [-0.05, 0) is 46.2 Å². The van der Waals surface area contributed by atoms with Crippen molar-refractivity contribution in [3.8, 4) is 0 Å². The normalized spacial score (nSPS) is 17.8. The molecule has 0 aromatic heterocycles. The van der Waals surface area contributed by atoms with Crippen LogP contribution in [0.25, 0.3) is 0 Å². The zero-order valence-electron chi connectivity index (χ0n) is 12.6. The van der Waals surface area contributed by atoms with E-state index in [1.807, 2.05) is 0 Å². The summed E-state index contributed by atoms with van der Waals surface area (Å²) in [6.07, 6.45) is 8.30. The van der Waals surface area contributed by atoms with Gasteiger partial charge in [-0.2, -0.15) is 0 Å². The first-order valence-corrected chi connectivity index (χ1v) is 7.70. The maximum Gasteiger partial charge on any atom is 0.0589 e. The quantitative estimate of drug-likeness (QED) is 0.642. The summed E-state index contributed by atoms with van der Waals surface area (Å²) < 4.78 is 5.17. The Balaban J connectivity index is 2.06. The summed E-state index contributed by atoms with van der Waals surface area (Å²) >= 11 is 0. The van der Waals surface area contributed by atoms with Gasteiger partial charge in [0.25, 0.3) is 0 Å². The molecule has 0 bridgehead atoms. The molecular weight excluding hydrogens is 224 g/mol. The number of methoxy groups -OCH3 is 1. The molecule has 0 atom stereocenters. The summed E-state index contributed by atoms with van der Waals surface area (Å²) in [4.78, 5) is 2.51. The van der Waals surface area contributed by atoms with E-state index in [0.717, 1.165) is 19.2 Å². The van der Waals surface area contributed by atoms with Crippen LogP contribution in [0.2, 0.25) is 0 Å². The highest BCUT2D eigenvalue weighted by molar-refractivity contribution is 4.72. The van der Waals surface area contributed by atoms with Crippen LogP contribution in [0.3, 0.4) is 0 Å². The van der Waals surface area contributed by atoms with Crippen molar-refractivity contribution >= 4 is 0 Å². The zero-order chi connectivity index (χ0) is 13.2. The Hall–Kier alpha value is -0.120. The van der Waals surface area contributed by atoms with Crippen molar-refractivity contribution < 1.29 is 4.74 Å². The van der Waals surface area contributed by atoms with Crippen molar-refractivity contribution in [2.24, 2.45) is 0 Å². The van der Waals surface area contributed by atoms with Crippen molar-refractivity contribution in [1.82, 2.24) is 10.2 Å². The third-order valence-electron chi connectivity index (χ3n) is 3.97. The molecule has 1 N–H and O–H groups in total. The molecular formula is C15H32N2O. The van der Waals surface area contributed by atoms with Crippen LogP contribution in [0, 0.1) is 0 Å². The monoisotopic (exact) mass is 256 g/mol. The molecule has 0 radical (unpaired) electrons. The molecule has 1 aliphatic carbocycles. The molecule has 0 aromatic rings. The second-order valence-electron chi connectivity index (χ2n) is 5.77. The van der Waals surface area contributed by atoms with E-state index in [1.54, 1.807) is 7.11 Å². The predicted octanol–water partition coefficient (Wildman–Crippen LogP) is 2.66. The number of ether oxygens (including phenoxy) is 1. The Morgan fingerprint density at radius 2 is 1.89 bits per heavy atom. The first-order chi connectivity index (χ1) is 8.74. The maximum absolute atomic E-state index is 5.17. The van der Waals surface area contributed by atoms with Crippen LogP contribution in [0.5, 0.6) is 0 Å². The van der Waals surface area contributed by atoms with E-state index in [4.69, 9.17) is 4.74 Å². The largest absolute Gasteiger partial charge is 0.383 e. The number of nitrogens with one attached hydrogen (secondary N) is 1. The number of hydrogen-bond donors (Lipinski definition) is 1. The van der Waals surface area contributed by atoms with Gasteiger partial charge >= 0.3 is 0 Å². The summed E-state index contributed by atoms with van der Waals surface area (Å²) in [5, 5.41) is 3.71. The van der Waals surface area contributed by atoms with E-state index in [2.05, 4.69) is 24.1 Å². The van der Waals surface area contributed by atoms with Crippen molar-refractivity contribution in [3.63, 3.8) is 0 Å². The van der Waals surface area contributed by atoms with Crippen LogP contribution >= 0.6 is 0 Å². The Morgan fingerprint density at radius 1 is 1.17 bits per heavy atom. The van der Waals surface area contributed by atoms with Gasteiger partial charge in [0.15, 0.2) is 0 Å². The molecule has 18 heavy (non-hydrogen) atoms. The van der Waals surface area contributed by atoms with Gasteiger partial charge in [-0.25, -0.2) is 0 Å². The van der Waals surface area contributed by atoms with Gasteiger partial charge in [0.2, 0.25) is 0 Å². The molecule has 3 heteroatoms. The molecule has 0 aliphatic heterocycles. The SMILES string of the molecule is COCCN(CCCNC1CCCCC1)C(C)C. The molecule has 0 heterocycles. The summed E-state index contributed by atoms with van der Waals surface area (Å²) in [6, 6.07) is 1.42. The summed E-state index contributed by atoms with van der Waals surface area (Å²) in [6.45, 7) is 8.78. The van der Waals surface area contributed by atoms with E-state index in [1.165, 1.54) is 51.6 Å². The van der Waals surface area contributed by atoms with Gasteiger partial charge in [-0.1, -0.05) is 19.3 Å². The van der Waals surface area contributed by atoms with Gasteiger partial charge < -0.3 is 10.1 Å². The lowest BCUT2D eigenvalue weighted by atomic mass is 9.95. The van der Waals surface area contributed by atoms with E-state index >= 15 is 0 Å². The van der Waals surface area contributed by atoms with Crippen LogP contribution in [-0.4, -0.2) is 50.3 Å². The molecule has 1 aliphatic rings. The van der Waals surface area contributed by atoms with E-state index in [9.17, 15) is 0 Å². The summed E-state index contributed by atoms with van der Waals surface area (Å²) in [5.74, 6) is 0. The second-order valence-corrected chi connectivity index (χ2v) is 5.77. The predicted molar refractivity (Wildman–Crippen MR) is 78.1 cm³/mol. The van der Waals surface area contributed by atoms with Crippen LogP contribution in [0.4, 0.5) is 0 Å². The standard InChI is InChI=1S/C15H32N2O/c1-14(2)17(12-13-18-3)11-7-10-16-15-8-5-4-6-9-15/h14-16H,4-13H2,1-3H3. The van der Waals surface area contributed by atoms with Crippen LogP contribution < -0.4 is 5.32 Å². The molecule has 1 saturated carbocycles. The fraction of sp³-hybridized carbons (Fsp3) is 1.00. The van der Waals surface area contributed by atoms with E-state index in [-0.39, 0.29) is 0 Å². The molecule has 0 saturated heterocycles. The molecule has 0 spiro atoms. The molecule has 0 amide bonds. The molecule has 1 rings (SSSR count). The molecule has 0 aromatic carbocycles. The third kappa shape index (κ3) is 6.72. The molecule has 3 nitrogen and oxygen atoms in total. The molecule has 108 valence electrons. The average Bonchev–Trinajstić information content (AvgIpc) is 2.38. The van der Waals surface area contributed by atoms with Crippen LogP contribution in [0.15, 0.2) is 0 Å². The molecule has 1 fully saturated rings. The average molecular weight is 256 g/mol. The first kappa shape index (κ1) is 15.9. The van der Waals surface area contributed by atoms with Gasteiger partial charge in [-0.15, -0.1) is 0 Å². The Labute approximate surface area is 113 Å². The smallest absolute Gasteiger partial charge is 0.0589 e. The second kappa shape index (κ2) is 9.76. The fourth-order valence-electron chi connectivity index (χ4n) is 2.73. The minimum absolute atomic E-state index is 0.620. The topological polar surface area (TPSA) is 24.5 Å². The Bertz CT molecular complexity index is 191. The highest BCUT2D eigenvalue weighted by Gasteiger charge is 2.13. The maximum atomic E-state index is 5.17. The lowest BCUT2D eigenvalue weighted by Gasteiger charge is -2.27. The Morgan fingerprint density at radius 3 is 2.50 bits per heavy atom. The van der Waals surface area contributed by atoms with Gasteiger partial charge in [0, 0.05) is 25.7 Å². The van der Waals surface area contributed by atoms with Crippen LogP contribution in [0.1, 0.15) is 52.4 Å². The van der Waals surface area contributed by atoms with Crippen molar-refractivity contribution in [1.29, 1.82) is 0 Å². The minimum Gasteiger partial charge on any atom is -0.383 e. The van der Waals surface area contributed by atoms with Gasteiger partial charge in [0.1, 0.15) is 0 Å². The van der Waals surface area contributed by atoms with Crippen molar-refractivity contribution in [2.75, 3.05) is 33.4 Å². The lowest BCUT2D eigenvalue weighted by molar-refractivity contribution is 0.128. The van der Waals surface area contributed by atoms with Gasteiger partial charge in [0.05, 0.1) is 6.61 Å². The summed E-state index contributed by atoms with van der Waals surface area (Å²) in [5.41, 5.74) is 0. The van der Waals surface area contributed by atoms with E-state index < -0.39 is 0 Å². The first-order valence-electron chi connectivity index (χ1n) is 7.70. The Kier molecular flexibility index (Phi) is 8.64. The van der Waals surface area contributed by atoms with E-state index in [0.29, 0.717) is 6.04 Å². The van der Waals surface area contributed by atoms with Crippen molar-refractivity contribution in [3.05, 3.63) is 0 Å². The highest BCUT2D eigenvalue weighted by atomic mass is 16.5. The minimum atomic E-state index is 0.620.